The number of aliphatic hydroxyl groups excluding tert-OH is 1. The molecule has 27 heavy (non-hydrogen) atoms. The molecular formula is C19H27ClFN3O3. The van der Waals surface area contributed by atoms with Crippen molar-refractivity contribution in [3.05, 3.63) is 29.0 Å². The number of rotatable bonds is 5. The molecule has 0 radical (unpaired) electrons. The predicted molar refractivity (Wildman–Crippen MR) is 103 cm³/mol. The van der Waals surface area contributed by atoms with Crippen LogP contribution in [0.15, 0.2) is 18.2 Å². The number of halogens is 2. The molecule has 0 saturated carbocycles. The van der Waals surface area contributed by atoms with Crippen LogP contribution in [-0.2, 0) is 4.74 Å². The molecule has 2 fully saturated rings. The minimum absolute atomic E-state index is 0.0374. The lowest BCUT2D eigenvalue weighted by Crippen LogP contribution is -2.47. The summed E-state index contributed by atoms with van der Waals surface area (Å²) in [4.78, 5) is 16.9. The van der Waals surface area contributed by atoms with Crippen LogP contribution in [0.3, 0.4) is 0 Å². The Kier molecular flexibility index (Phi) is 6.92. The Bertz CT molecular complexity index is 657. The molecule has 2 N–H and O–H groups in total. The van der Waals surface area contributed by atoms with Crippen LogP contribution < -0.4 is 5.32 Å². The number of nitrogens with zero attached hydrogens (tertiary/aromatic N) is 2. The number of carbonyl (C=O) groups excluding carboxylic acids is 1. The summed E-state index contributed by atoms with van der Waals surface area (Å²) in [5.41, 5.74) is 0.438. The third-order valence-electron chi connectivity index (χ3n) is 5.65. The fraction of sp³-hybridized carbons (Fsp3) is 0.632. The van der Waals surface area contributed by atoms with Gasteiger partial charge in [0.1, 0.15) is 5.82 Å². The smallest absolute Gasteiger partial charge is 0.322 e. The Hall–Kier alpha value is -1.41. The number of carbonyl (C=O) groups is 1. The predicted octanol–water partition coefficient (Wildman–Crippen LogP) is 2.66. The molecular weight excluding hydrogens is 373 g/mol. The second kappa shape index (κ2) is 9.19. The molecule has 0 unspecified atom stereocenters. The second-order valence-electron chi connectivity index (χ2n) is 7.21. The average molecular weight is 400 g/mol. The van der Waals surface area contributed by atoms with Crippen LogP contribution in [0.2, 0.25) is 5.02 Å². The van der Waals surface area contributed by atoms with E-state index < -0.39 is 5.82 Å². The normalized spacial score (nSPS) is 26.4. The number of hydrogen-bond acceptors (Lipinski definition) is 4. The maximum atomic E-state index is 13.3. The number of amides is 2. The summed E-state index contributed by atoms with van der Waals surface area (Å²) >= 11 is 5.79. The van der Waals surface area contributed by atoms with E-state index in [0.29, 0.717) is 18.2 Å². The minimum Gasteiger partial charge on any atom is -0.394 e. The van der Waals surface area contributed by atoms with E-state index in [2.05, 4.69) is 17.1 Å². The van der Waals surface area contributed by atoms with Gasteiger partial charge in [-0.25, -0.2) is 9.18 Å². The third-order valence-corrected chi connectivity index (χ3v) is 5.94. The van der Waals surface area contributed by atoms with Crippen LogP contribution in [0, 0.1) is 17.7 Å². The van der Waals surface area contributed by atoms with E-state index in [0.717, 1.165) is 39.3 Å². The van der Waals surface area contributed by atoms with Crippen molar-refractivity contribution in [1.29, 1.82) is 0 Å². The summed E-state index contributed by atoms with van der Waals surface area (Å²) in [6, 6.07) is 3.56. The zero-order chi connectivity index (χ0) is 19.4. The van der Waals surface area contributed by atoms with Crippen LogP contribution in [0.4, 0.5) is 14.9 Å². The molecule has 150 valence electrons. The van der Waals surface area contributed by atoms with Gasteiger partial charge in [-0.05, 0) is 30.0 Å². The average Bonchev–Trinajstić information content (AvgIpc) is 3.03. The molecule has 3 rings (SSSR count). The number of aliphatic hydroxyl groups is 1. The summed E-state index contributed by atoms with van der Waals surface area (Å²) in [6.07, 6.45) is 0.942. The molecule has 8 heteroatoms. The maximum Gasteiger partial charge on any atom is 0.322 e. The fourth-order valence-electron chi connectivity index (χ4n) is 4.09. The molecule has 0 aliphatic carbocycles. The highest BCUT2D eigenvalue weighted by molar-refractivity contribution is 6.31. The Morgan fingerprint density at radius 3 is 2.78 bits per heavy atom. The van der Waals surface area contributed by atoms with E-state index in [-0.39, 0.29) is 29.6 Å². The highest BCUT2D eigenvalue weighted by atomic mass is 35.5. The molecule has 6 nitrogen and oxygen atoms in total. The summed E-state index contributed by atoms with van der Waals surface area (Å²) in [7, 11) is 0. The minimum atomic E-state index is -0.527. The molecule has 2 amide bonds. The van der Waals surface area contributed by atoms with E-state index in [4.69, 9.17) is 16.3 Å². The SMILES string of the molecule is CC[C@@H]1CN(C(=O)Nc2ccc(F)c(Cl)c2)[C@H](CO)[C@@H]1CN1CCOCC1. The van der Waals surface area contributed by atoms with Gasteiger partial charge in [-0.15, -0.1) is 0 Å². The van der Waals surface area contributed by atoms with Gasteiger partial charge in [0.25, 0.3) is 0 Å². The van der Waals surface area contributed by atoms with Crippen molar-refractivity contribution in [2.45, 2.75) is 19.4 Å². The van der Waals surface area contributed by atoms with Gasteiger partial charge in [-0.1, -0.05) is 24.9 Å². The van der Waals surface area contributed by atoms with E-state index in [9.17, 15) is 14.3 Å². The molecule has 0 spiro atoms. The van der Waals surface area contributed by atoms with Crippen LogP contribution in [-0.4, -0.2) is 73.0 Å². The monoisotopic (exact) mass is 399 g/mol. The van der Waals surface area contributed by atoms with Crippen molar-refractivity contribution < 1.29 is 19.0 Å². The highest BCUT2D eigenvalue weighted by Crippen LogP contribution is 2.33. The van der Waals surface area contributed by atoms with Crippen molar-refractivity contribution in [1.82, 2.24) is 9.80 Å². The summed E-state index contributed by atoms with van der Waals surface area (Å²) in [6.45, 7) is 6.69. The maximum absolute atomic E-state index is 13.3. The number of hydrogen-bond donors (Lipinski definition) is 2. The van der Waals surface area contributed by atoms with Crippen molar-refractivity contribution in [2.75, 3.05) is 51.3 Å². The van der Waals surface area contributed by atoms with E-state index in [1.165, 1.54) is 18.2 Å². The molecule has 2 aliphatic heterocycles. The van der Waals surface area contributed by atoms with E-state index in [1.807, 2.05) is 0 Å². The van der Waals surface area contributed by atoms with Gasteiger partial charge in [0.2, 0.25) is 0 Å². The first-order valence-corrected chi connectivity index (χ1v) is 9.85. The Morgan fingerprint density at radius 2 is 2.15 bits per heavy atom. The van der Waals surface area contributed by atoms with Gasteiger partial charge in [0, 0.05) is 31.9 Å². The van der Waals surface area contributed by atoms with Crippen molar-refractivity contribution in [3.8, 4) is 0 Å². The first kappa shape index (κ1) is 20.3. The van der Waals surface area contributed by atoms with Gasteiger partial charge in [-0.2, -0.15) is 0 Å². The first-order valence-electron chi connectivity index (χ1n) is 9.47. The van der Waals surface area contributed by atoms with Crippen molar-refractivity contribution in [2.24, 2.45) is 11.8 Å². The lowest BCUT2D eigenvalue weighted by molar-refractivity contribution is 0.0222. The Balaban J connectivity index is 1.69. The lowest BCUT2D eigenvalue weighted by atomic mass is 9.88. The van der Waals surface area contributed by atoms with Crippen LogP contribution in [0.5, 0.6) is 0 Å². The van der Waals surface area contributed by atoms with Gasteiger partial charge in [0.05, 0.1) is 30.9 Å². The van der Waals surface area contributed by atoms with Crippen LogP contribution in [0.1, 0.15) is 13.3 Å². The molecule has 2 heterocycles. The summed E-state index contributed by atoms with van der Waals surface area (Å²) in [5, 5.41) is 12.7. The summed E-state index contributed by atoms with van der Waals surface area (Å²) < 4.78 is 18.7. The molecule has 2 aliphatic rings. The van der Waals surface area contributed by atoms with Gasteiger partial charge in [0.15, 0.2) is 0 Å². The van der Waals surface area contributed by atoms with E-state index in [1.54, 1.807) is 4.90 Å². The Morgan fingerprint density at radius 1 is 1.41 bits per heavy atom. The Labute approximate surface area is 164 Å². The summed E-state index contributed by atoms with van der Waals surface area (Å²) in [5.74, 6) is 0.00824. The molecule has 0 aromatic heterocycles. The van der Waals surface area contributed by atoms with Gasteiger partial charge >= 0.3 is 6.03 Å². The molecule has 0 bridgehead atoms. The number of nitrogens with one attached hydrogen (secondary N) is 1. The number of benzene rings is 1. The highest BCUT2D eigenvalue weighted by Gasteiger charge is 2.43. The second-order valence-corrected chi connectivity index (χ2v) is 7.61. The van der Waals surface area contributed by atoms with Gasteiger partial charge in [-0.3, -0.25) is 4.90 Å². The van der Waals surface area contributed by atoms with E-state index >= 15 is 0 Å². The molecule has 2 saturated heterocycles. The largest absolute Gasteiger partial charge is 0.394 e. The first-order chi connectivity index (χ1) is 13.0. The number of anilines is 1. The number of urea groups is 1. The van der Waals surface area contributed by atoms with Gasteiger partial charge < -0.3 is 20.1 Å². The van der Waals surface area contributed by atoms with Crippen molar-refractivity contribution in [3.63, 3.8) is 0 Å². The number of ether oxygens (including phenoxy) is 1. The topological polar surface area (TPSA) is 65.0 Å². The molecule has 3 atom stereocenters. The molecule has 1 aromatic carbocycles. The van der Waals surface area contributed by atoms with Crippen LogP contribution in [0.25, 0.3) is 0 Å². The quantitative estimate of drug-likeness (QED) is 0.799. The fourth-order valence-corrected chi connectivity index (χ4v) is 4.27. The number of morpholine rings is 1. The zero-order valence-corrected chi connectivity index (χ0v) is 16.3. The number of likely N-dealkylation sites (tertiary alicyclic amines) is 1. The lowest BCUT2D eigenvalue weighted by Gasteiger charge is -2.33. The molecule has 1 aromatic rings. The zero-order valence-electron chi connectivity index (χ0n) is 15.5. The van der Waals surface area contributed by atoms with Crippen molar-refractivity contribution >= 4 is 23.3 Å². The van der Waals surface area contributed by atoms with Crippen LogP contribution >= 0.6 is 11.6 Å². The third kappa shape index (κ3) is 4.71. The standard InChI is InChI=1S/C19H27ClFN3O3/c1-2-13-10-24(19(26)22-14-3-4-17(21)16(20)9-14)18(12-25)15(13)11-23-5-7-27-8-6-23/h3-4,9,13,15,18,25H,2,5-8,10-12H2,1H3,(H,22,26)/t13-,15-,18-/m1/s1.